The molecule has 0 radical (unpaired) electrons. The van der Waals surface area contributed by atoms with Crippen molar-refractivity contribution in [3.05, 3.63) is 36.0 Å². The molecule has 0 spiro atoms. The fourth-order valence-corrected chi connectivity index (χ4v) is 2.43. The van der Waals surface area contributed by atoms with E-state index < -0.39 is 5.60 Å². The minimum Gasteiger partial charge on any atom is -0.382 e. The molecule has 0 amide bonds. The maximum atomic E-state index is 10.6. The Bertz CT molecular complexity index is 519. The van der Waals surface area contributed by atoms with Crippen LogP contribution in [0.25, 0.3) is 10.9 Å². The molecule has 2 unspecified atom stereocenters. The van der Waals surface area contributed by atoms with Crippen LogP contribution >= 0.6 is 0 Å². The van der Waals surface area contributed by atoms with Crippen molar-refractivity contribution in [2.75, 3.05) is 6.61 Å². The average molecular weight is 217 g/mol. The van der Waals surface area contributed by atoms with Gasteiger partial charge in [-0.3, -0.25) is 0 Å². The van der Waals surface area contributed by atoms with Gasteiger partial charge in [-0.1, -0.05) is 6.07 Å². The van der Waals surface area contributed by atoms with Crippen LogP contribution < -0.4 is 0 Å². The molecule has 1 aromatic heterocycles. The molecule has 1 saturated heterocycles. The number of hydrogen-bond donors (Lipinski definition) is 2. The molecule has 16 heavy (non-hydrogen) atoms. The second kappa shape index (κ2) is 3.34. The van der Waals surface area contributed by atoms with Gasteiger partial charge in [0, 0.05) is 18.1 Å². The zero-order chi connectivity index (χ0) is 11.2. The van der Waals surface area contributed by atoms with Crippen LogP contribution in [0.5, 0.6) is 0 Å². The molecule has 1 fully saturated rings. The Balaban J connectivity index is 2.11. The highest BCUT2D eigenvalue weighted by Crippen LogP contribution is 2.36. The highest BCUT2D eigenvalue weighted by atomic mass is 16.5. The third-order valence-electron chi connectivity index (χ3n) is 3.58. The summed E-state index contributed by atoms with van der Waals surface area (Å²) in [4.78, 5) is 3.15. The first-order valence-corrected chi connectivity index (χ1v) is 5.62. The van der Waals surface area contributed by atoms with Crippen molar-refractivity contribution in [3.8, 4) is 0 Å². The van der Waals surface area contributed by atoms with Crippen molar-refractivity contribution in [1.82, 2.24) is 4.98 Å². The molecule has 3 rings (SSSR count). The van der Waals surface area contributed by atoms with Crippen LogP contribution in [0.2, 0.25) is 0 Å². The Hall–Kier alpha value is -1.32. The van der Waals surface area contributed by atoms with Gasteiger partial charge in [0.05, 0.1) is 12.7 Å². The number of aromatic nitrogens is 1. The highest BCUT2D eigenvalue weighted by molar-refractivity contribution is 5.80. The first-order chi connectivity index (χ1) is 7.70. The van der Waals surface area contributed by atoms with Gasteiger partial charge in [-0.05, 0) is 36.1 Å². The summed E-state index contributed by atoms with van der Waals surface area (Å²) in [5.74, 6) is 0. The third-order valence-corrected chi connectivity index (χ3v) is 3.58. The fraction of sp³-hybridized carbons (Fsp3) is 0.385. The van der Waals surface area contributed by atoms with Crippen LogP contribution in [0.3, 0.4) is 0 Å². The zero-order valence-electron chi connectivity index (χ0n) is 9.23. The number of aliphatic hydroxyl groups is 1. The third kappa shape index (κ3) is 1.29. The van der Waals surface area contributed by atoms with E-state index in [1.165, 1.54) is 0 Å². The molecular formula is C13H15NO2. The van der Waals surface area contributed by atoms with Crippen molar-refractivity contribution in [3.63, 3.8) is 0 Å². The summed E-state index contributed by atoms with van der Waals surface area (Å²) >= 11 is 0. The quantitative estimate of drug-likeness (QED) is 0.769. The van der Waals surface area contributed by atoms with E-state index in [0.29, 0.717) is 13.0 Å². The van der Waals surface area contributed by atoms with E-state index in [1.54, 1.807) is 0 Å². The largest absolute Gasteiger partial charge is 0.382 e. The van der Waals surface area contributed by atoms with Gasteiger partial charge in [-0.2, -0.15) is 0 Å². The molecule has 1 aromatic carbocycles. The summed E-state index contributed by atoms with van der Waals surface area (Å²) in [6, 6.07) is 8.04. The second-order valence-electron chi connectivity index (χ2n) is 4.47. The normalized spacial score (nSPS) is 30.0. The van der Waals surface area contributed by atoms with Gasteiger partial charge in [0.2, 0.25) is 0 Å². The lowest BCUT2D eigenvalue weighted by Gasteiger charge is -2.26. The summed E-state index contributed by atoms with van der Waals surface area (Å²) < 4.78 is 5.46. The number of rotatable bonds is 1. The van der Waals surface area contributed by atoms with Crippen molar-refractivity contribution in [2.45, 2.75) is 25.0 Å². The maximum Gasteiger partial charge on any atom is 0.118 e. The fourth-order valence-electron chi connectivity index (χ4n) is 2.43. The van der Waals surface area contributed by atoms with Gasteiger partial charge in [-0.25, -0.2) is 0 Å². The lowest BCUT2D eigenvalue weighted by Crippen LogP contribution is -2.32. The predicted molar refractivity (Wildman–Crippen MR) is 62.2 cm³/mol. The molecule has 1 aliphatic rings. The van der Waals surface area contributed by atoms with Crippen molar-refractivity contribution < 1.29 is 9.84 Å². The van der Waals surface area contributed by atoms with Gasteiger partial charge in [0.1, 0.15) is 5.60 Å². The molecule has 2 atom stereocenters. The molecular weight excluding hydrogens is 202 g/mol. The summed E-state index contributed by atoms with van der Waals surface area (Å²) in [7, 11) is 0. The number of benzene rings is 1. The van der Waals surface area contributed by atoms with Crippen LogP contribution in [-0.2, 0) is 10.3 Å². The lowest BCUT2D eigenvalue weighted by atomic mass is 9.87. The Morgan fingerprint density at radius 1 is 1.44 bits per heavy atom. The zero-order valence-corrected chi connectivity index (χ0v) is 9.23. The summed E-state index contributed by atoms with van der Waals surface area (Å²) in [5.41, 5.74) is 1.22. The van der Waals surface area contributed by atoms with Gasteiger partial charge < -0.3 is 14.8 Å². The van der Waals surface area contributed by atoms with E-state index in [4.69, 9.17) is 4.74 Å². The van der Waals surface area contributed by atoms with E-state index in [-0.39, 0.29) is 6.10 Å². The highest BCUT2D eigenvalue weighted by Gasteiger charge is 2.41. The Kier molecular flexibility index (Phi) is 2.06. The summed E-state index contributed by atoms with van der Waals surface area (Å²) in [5, 5.41) is 11.7. The summed E-state index contributed by atoms with van der Waals surface area (Å²) in [6.07, 6.45) is 2.45. The minimum absolute atomic E-state index is 0.135. The van der Waals surface area contributed by atoms with E-state index in [1.807, 2.05) is 37.4 Å². The first kappa shape index (κ1) is 9.87. The smallest absolute Gasteiger partial charge is 0.118 e. The Morgan fingerprint density at radius 3 is 3.06 bits per heavy atom. The number of fused-ring (bicyclic) bond motifs is 1. The Labute approximate surface area is 94.0 Å². The number of H-pyrrole nitrogens is 1. The lowest BCUT2D eigenvalue weighted by molar-refractivity contribution is -0.0316. The maximum absolute atomic E-state index is 10.6. The van der Waals surface area contributed by atoms with Crippen LogP contribution in [0.15, 0.2) is 30.5 Å². The van der Waals surface area contributed by atoms with E-state index in [2.05, 4.69) is 4.98 Å². The number of nitrogens with one attached hydrogen (secondary N) is 1. The molecule has 0 bridgehead atoms. The molecule has 2 N–H and O–H groups in total. The topological polar surface area (TPSA) is 45.2 Å². The van der Waals surface area contributed by atoms with Crippen molar-refractivity contribution in [1.29, 1.82) is 0 Å². The number of aromatic amines is 1. The first-order valence-electron chi connectivity index (χ1n) is 5.62. The van der Waals surface area contributed by atoms with E-state index in [0.717, 1.165) is 16.5 Å². The monoisotopic (exact) mass is 217 g/mol. The van der Waals surface area contributed by atoms with Crippen LogP contribution in [-0.4, -0.2) is 22.8 Å². The average Bonchev–Trinajstić information content (AvgIpc) is 2.86. The van der Waals surface area contributed by atoms with Crippen LogP contribution in [0.4, 0.5) is 0 Å². The van der Waals surface area contributed by atoms with Gasteiger partial charge in [-0.15, -0.1) is 0 Å². The molecule has 0 aliphatic carbocycles. The molecule has 3 nitrogen and oxygen atoms in total. The molecule has 0 saturated carbocycles. The SMILES string of the molecule is CC1OCCC1(O)c1ccc2[nH]ccc2c1. The van der Waals surface area contributed by atoms with E-state index >= 15 is 0 Å². The van der Waals surface area contributed by atoms with Gasteiger partial charge in [0.25, 0.3) is 0 Å². The minimum atomic E-state index is -0.828. The van der Waals surface area contributed by atoms with Crippen molar-refractivity contribution in [2.24, 2.45) is 0 Å². The van der Waals surface area contributed by atoms with Gasteiger partial charge >= 0.3 is 0 Å². The molecule has 3 heteroatoms. The second-order valence-corrected chi connectivity index (χ2v) is 4.47. The standard InChI is InChI=1S/C13H15NO2/c1-9-13(15,5-7-16-9)11-2-3-12-10(8-11)4-6-14-12/h2-4,6,8-9,14-15H,5,7H2,1H3. The predicted octanol–water partition coefficient (Wildman–Crippen LogP) is 2.16. The van der Waals surface area contributed by atoms with Gasteiger partial charge in [0.15, 0.2) is 0 Å². The Morgan fingerprint density at radius 2 is 2.31 bits per heavy atom. The van der Waals surface area contributed by atoms with Crippen LogP contribution in [0, 0.1) is 0 Å². The molecule has 2 aromatic rings. The summed E-state index contributed by atoms with van der Waals surface area (Å²) in [6.45, 7) is 2.55. The number of hydrogen-bond acceptors (Lipinski definition) is 2. The van der Waals surface area contributed by atoms with E-state index in [9.17, 15) is 5.11 Å². The molecule has 1 aliphatic heterocycles. The molecule has 2 heterocycles. The number of ether oxygens (including phenoxy) is 1. The van der Waals surface area contributed by atoms with Crippen molar-refractivity contribution >= 4 is 10.9 Å². The molecule has 84 valence electrons. The van der Waals surface area contributed by atoms with Crippen LogP contribution in [0.1, 0.15) is 18.9 Å².